The molecule has 11 heteroatoms. The maximum Gasteiger partial charge on any atom is 0.309 e. The molecule has 274 valence electrons. The number of ether oxygens (including phenoxy) is 4. The number of benzene rings is 1. The predicted molar refractivity (Wildman–Crippen MR) is 189 cm³/mol. The van der Waals surface area contributed by atoms with Gasteiger partial charge in [-0.1, -0.05) is 68.8 Å². The maximum absolute atomic E-state index is 12.9. The first-order valence-corrected chi connectivity index (χ1v) is 17.6. The summed E-state index contributed by atoms with van der Waals surface area (Å²) in [6.45, 7) is 12.8. The van der Waals surface area contributed by atoms with E-state index < -0.39 is 47.5 Å². The minimum Gasteiger partial charge on any atom is -0.457 e. The molecule has 11 atom stereocenters. The Labute approximate surface area is 296 Å². The molecular formula is C38H56ClNO9. The monoisotopic (exact) mass is 705 g/mol. The summed E-state index contributed by atoms with van der Waals surface area (Å²) in [7, 11) is 1.70. The Balaban J connectivity index is 1.87. The van der Waals surface area contributed by atoms with Crippen molar-refractivity contribution in [3.63, 3.8) is 0 Å². The van der Waals surface area contributed by atoms with Gasteiger partial charge in [-0.05, 0) is 69.4 Å². The Morgan fingerprint density at radius 1 is 1.27 bits per heavy atom. The van der Waals surface area contributed by atoms with Crippen LogP contribution >= 0.6 is 11.6 Å². The molecule has 0 bridgehead atoms. The lowest BCUT2D eigenvalue weighted by atomic mass is 9.87. The first-order chi connectivity index (χ1) is 23.0. The zero-order valence-corrected chi connectivity index (χ0v) is 30.9. The minimum absolute atomic E-state index is 0.0240. The SMILES string of the molecule is CC[C@H](OC)[C@@H](C)[C@H]1O[C@@H]1C(NCc1cccc(Cl)c1)C(C)(O)/C=C/C=C(\C)[C@@H]1OC(=O)C[C@H](O)CC[C@@](C)(O)[C@@H](OC(C)=O)/C=C/[C@@H]1C. The number of aliphatic hydroxyl groups is 3. The second-order valence-electron chi connectivity index (χ2n) is 14.0. The molecule has 0 aromatic heterocycles. The van der Waals surface area contributed by atoms with Crippen LogP contribution in [0, 0.1) is 11.8 Å². The number of nitrogens with one attached hydrogen (secondary N) is 1. The Morgan fingerprint density at radius 2 is 1.98 bits per heavy atom. The molecule has 2 unspecified atom stereocenters. The largest absolute Gasteiger partial charge is 0.457 e. The number of halogens is 1. The van der Waals surface area contributed by atoms with Crippen LogP contribution in [0.25, 0.3) is 0 Å². The number of carbonyl (C=O) groups excluding carboxylic acids is 2. The zero-order chi connectivity index (χ0) is 36.5. The summed E-state index contributed by atoms with van der Waals surface area (Å²) < 4.78 is 23.1. The lowest BCUT2D eigenvalue weighted by molar-refractivity contribution is -0.157. The van der Waals surface area contributed by atoms with Crippen molar-refractivity contribution in [3.05, 3.63) is 70.8 Å². The Kier molecular flexibility index (Phi) is 15.1. The van der Waals surface area contributed by atoms with E-state index in [1.807, 2.05) is 38.1 Å². The summed E-state index contributed by atoms with van der Waals surface area (Å²) in [6, 6.07) is 7.06. The molecule has 3 rings (SSSR count). The number of cyclic esters (lactones) is 1. The number of aliphatic hydroxyl groups excluding tert-OH is 1. The van der Waals surface area contributed by atoms with E-state index in [1.54, 1.807) is 44.4 Å². The molecule has 0 radical (unpaired) electrons. The van der Waals surface area contributed by atoms with Crippen LogP contribution in [-0.2, 0) is 35.1 Å². The fraction of sp³-hybridized carbons (Fsp3) is 0.632. The smallest absolute Gasteiger partial charge is 0.309 e. The number of hydrogen-bond acceptors (Lipinski definition) is 10. The number of esters is 2. The summed E-state index contributed by atoms with van der Waals surface area (Å²) in [5.41, 5.74) is -1.16. The van der Waals surface area contributed by atoms with Crippen LogP contribution in [0.4, 0.5) is 0 Å². The topological polar surface area (TPSA) is 147 Å². The van der Waals surface area contributed by atoms with Gasteiger partial charge in [0.25, 0.3) is 0 Å². The summed E-state index contributed by atoms with van der Waals surface area (Å²) in [6.07, 6.45) is 6.28. The fourth-order valence-electron chi connectivity index (χ4n) is 6.55. The quantitative estimate of drug-likeness (QED) is 0.0934. The first kappa shape index (κ1) is 40.9. The van der Waals surface area contributed by atoms with E-state index in [2.05, 4.69) is 19.2 Å². The van der Waals surface area contributed by atoms with Crippen LogP contribution in [0.3, 0.4) is 0 Å². The second-order valence-corrected chi connectivity index (χ2v) is 14.5. The molecule has 1 aromatic rings. The number of allylic oxidation sites excluding steroid dienone is 2. The van der Waals surface area contributed by atoms with Crippen molar-refractivity contribution in [2.24, 2.45) is 11.8 Å². The number of methoxy groups -OCH3 is 1. The highest BCUT2D eigenvalue weighted by Gasteiger charge is 2.54. The number of epoxide rings is 1. The second kappa shape index (κ2) is 18.1. The van der Waals surface area contributed by atoms with Crippen molar-refractivity contribution in [2.75, 3.05) is 7.11 Å². The predicted octanol–water partition coefficient (Wildman–Crippen LogP) is 5.21. The molecule has 2 aliphatic heterocycles. The first-order valence-electron chi connectivity index (χ1n) is 17.2. The molecule has 1 saturated heterocycles. The standard InChI is InChI=1S/C38H56ClNO9/c1-9-30(46-8)25(4)34-35(49-34)36(40-22-27-13-10-14-28(39)20-27)38(7,45)18-11-12-23(2)33-24(3)15-16-31(47-26(5)41)37(6,44)19-17-29(42)21-32(43)48-33/h10-16,18,20,24-25,29-31,33-36,40,42,44-45H,9,17,19,21-22H2,1-8H3/b16-15+,18-11+,23-12+/t24-,25+,29+,30-,31-,33-,34+,35-,36?,37+,38?/m0/s1. The highest BCUT2D eigenvalue weighted by Crippen LogP contribution is 2.39. The van der Waals surface area contributed by atoms with E-state index in [1.165, 1.54) is 13.8 Å². The molecule has 2 heterocycles. The van der Waals surface area contributed by atoms with Gasteiger partial charge in [0.2, 0.25) is 0 Å². The summed E-state index contributed by atoms with van der Waals surface area (Å²) in [4.78, 5) is 24.7. The summed E-state index contributed by atoms with van der Waals surface area (Å²) in [5.74, 6) is -1.39. The number of hydrogen-bond donors (Lipinski definition) is 4. The van der Waals surface area contributed by atoms with Crippen molar-refractivity contribution >= 4 is 23.5 Å². The third-order valence-electron chi connectivity index (χ3n) is 9.60. The van der Waals surface area contributed by atoms with E-state index >= 15 is 0 Å². The molecule has 0 amide bonds. The molecule has 49 heavy (non-hydrogen) atoms. The van der Waals surface area contributed by atoms with Gasteiger partial charge in [-0.25, -0.2) is 0 Å². The van der Waals surface area contributed by atoms with Gasteiger partial charge in [-0.2, -0.15) is 0 Å². The molecule has 1 fully saturated rings. The van der Waals surface area contributed by atoms with Crippen LogP contribution in [-0.4, -0.2) is 88.2 Å². The van der Waals surface area contributed by atoms with Gasteiger partial charge in [0.15, 0.2) is 0 Å². The van der Waals surface area contributed by atoms with Crippen molar-refractivity contribution in [3.8, 4) is 0 Å². The van der Waals surface area contributed by atoms with Crippen LogP contribution in [0.1, 0.15) is 79.7 Å². The van der Waals surface area contributed by atoms with E-state index in [4.69, 9.17) is 30.5 Å². The van der Waals surface area contributed by atoms with Crippen molar-refractivity contribution in [1.29, 1.82) is 0 Å². The average Bonchev–Trinajstić information content (AvgIpc) is 3.81. The van der Waals surface area contributed by atoms with Crippen LogP contribution in [0.15, 0.2) is 60.2 Å². The molecule has 4 N–H and O–H groups in total. The third-order valence-corrected chi connectivity index (χ3v) is 9.84. The molecule has 2 aliphatic rings. The van der Waals surface area contributed by atoms with E-state index in [0.717, 1.165) is 12.0 Å². The highest BCUT2D eigenvalue weighted by molar-refractivity contribution is 6.30. The summed E-state index contributed by atoms with van der Waals surface area (Å²) in [5, 5.41) is 37.6. The van der Waals surface area contributed by atoms with Gasteiger partial charge in [-0.15, -0.1) is 0 Å². The molecule has 0 spiro atoms. The van der Waals surface area contributed by atoms with Gasteiger partial charge in [0.1, 0.15) is 23.9 Å². The van der Waals surface area contributed by atoms with Gasteiger partial charge in [0.05, 0.1) is 36.4 Å². The normalized spacial score (nSPS) is 32.2. The van der Waals surface area contributed by atoms with Gasteiger partial charge in [0, 0.05) is 37.4 Å². The lowest BCUT2D eigenvalue weighted by Crippen LogP contribution is -2.52. The molecule has 1 aromatic carbocycles. The van der Waals surface area contributed by atoms with Crippen molar-refractivity contribution in [2.45, 2.75) is 135 Å². The zero-order valence-electron chi connectivity index (χ0n) is 30.1. The Bertz CT molecular complexity index is 1340. The van der Waals surface area contributed by atoms with E-state index in [9.17, 15) is 24.9 Å². The fourth-order valence-corrected chi connectivity index (χ4v) is 6.76. The minimum atomic E-state index is -1.46. The van der Waals surface area contributed by atoms with E-state index in [-0.39, 0.29) is 49.4 Å². The van der Waals surface area contributed by atoms with Gasteiger partial charge < -0.3 is 39.6 Å². The van der Waals surface area contributed by atoms with Crippen LogP contribution < -0.4 is 5.32 Å². The third kappa shape index (κ3) is 12.0. The maximum atomic E-state index is 12.9. The Hall–Kier alpha value is -2.57. The van der Waals surface area contributed by atoms with Gasteiger partial charge in [-0.3, -0.25) is 9.59 Å². The summed E-state index contributed by atoms with van der Waals surface area (Å²) >= 11 is 6.22. The molecule has 0 aliphatic carbocycles. The highest BCUT2D eigenvalue weighted by atomic mass is 35.5. The lowest BCUT2D eigenvalue weighted by Gasteiger charge is -2.32. The van der Waals surface area contributed by atoms with Crippen LogP contribution in [0.2, 0.25) is 5.02 Å². The number of carbonyl (C=O) groups is 2. The van der Waals surface area contributed by atoms with E-state index in [0.29, 0.717) is 17.1 Å². The van der Waals surface area contributed by atoms with Crippen molar-refractivity contribution < 1.29 is 43.9 Å². The molecular weight excluding hydrogens is 650 g/mol. The van der Waals surface area contributed by atoms with Crippen molar-refractivity contribution in [1.82, 2.24) is 5.32 Å². The Morgan fingerprint density at radius 3 is 2.61 bits per heavy atom. The number of rotatable bonds is 13. The van der Waals surface area contributed by atoms with Gasteiger partial charge >= 0.3 is 11.9 Å². The molecule has 0 saturated carbocycles. The average molecular weight is 706 g/mol. The molecule has 10 nitrogen and oxygen atoms in total. The van der Waals surface area contributed by atoms with Crippen LogP contribution in [0.5, 0.6) is 0 Å².